The first-order chi connectivity index (χ1) is 7.34. The van der Waals surface area contributed by atoms with Gasteiger partial charge < -0.3 is 5.32 Å². The van der Waals surface area contributed by atoms with Gasteiger partial charge in [-0.1, -0.05) is 0 Å². The molecule has 1 aliphatic heterocycles. The van der Waals surface area contributed by atoms with Gasteiger partial charge in [-0.15, -0.1) is 0 Å². The van der Waals surface area contributed by atoms with Crippen molar-refractivity contribution in [2.45, 2.75) is 57.4 Å². The van der Waals surface area contributed by atoms with Crippen molar-refractivity contribution >= 4 is 0 Å². The van der Waals surface area contributed by atoms with E-state index in [2.05, 4.69) is 5.32 Å². The Bertz CT molecular complexity index is 229. The van der Waals surface area contributed by atoms with E-state index >= 15 is 0 Å². The standard InChI is InChI=1S/C14H23N/c1-2-13(15-3-1)14-7-10-4-11(8-14)6-12(5-10)9-14/h10-13,15H,1-9H2. The van der Waals surface area contributed by atoms with E-state index in [9.17, 15) is 0 Å². The van der Waals surface area contributed by atoms with Crippen LogP contribution in [-0.2, 0) is 0 Å². The molecular weight excluding hydrogens is 182 g/mol. The Morgan fingerprint density at radius 3 is 1.93 bits per heavy atom. The molecule has 5 aliphatic rings. The summed E-state index contributed by atoms with van der Waals surface area (Å²) in [7, 11) is 0. The van der Waals surface area contributed by atoms with Gasteiger partial charge in [0.15, 0.2) is 0 Å². The highest BCUT2D eigenvalue weighted by molar-refractivity contribution is 5.07. The Balaban J connectivity index is 1.65. The summed E-state index contributed by atoms with van der Waals surface area (Å²) in [6.45, 7) is 1.30. The lowest BCUT2D eigenvalue weighted by Gasteiger charge is -2.59. The third kappa shape index (κ3) is 1.25. The normalized spacial score (nSPS) is 57.6. The maximum absolute atomic E-state index is 3.81. The lowest BCUT2D eigenvalue weighted by atomic mass is 9.47. The minimum Gasteiger partial charge on any atom is -0.313 e. The molecule has 5 fully saturated rings. The average Bonchev–Trinajstić information content (AvgIpc) is 2.67. The molecule has 0 amide bonds. The smallest absolute Gasteiger partial charge is 0.0124 e. The van der Waals surface area contributed by atoms with Crippen LogP contribution in [-0.4, -0.2) is 12.6 Å². The minimum absolute atomic E-state index is 0.769. The molecule has 15 heavy (non-hydrogen) atoms. The molecule has 1 heterocycles. The Kier molecular flexibility index (Phi) is 1.81. The lowest BCUT2D eigenvalue weighted by Crippen LogP contribution is -2.54. The number of hydrogen-bond donors (Lipinski definition) is 1. The highest BCUT2D eigenvalue weighted by Crippen LogP contribution is 2.62. The molecule has 0 aromatic carbocycles. The van der Waals surface area contributed by atoms with Crippen molar-refractivity contribution in [2.75, 3.05) is 6.54 Å². The molecule has 5 rings (SSSR count). The van der Waals surface area contributed by atoms with Gasteiger partial charge in [-0.25, -0.2) is 0 Å². The van der Waals surface area contributed by atoms with Crippen LogP contribution in [0.25, 0.3) is 0 Å². The van der Waals surface area contributed by atoms with Crippen LogP contribution in [0.4, 0.5) is 0 Å². The molecule has 1 N–H and O–H groups in total. The van der Waals surface area contributed by atoms with Crippen LogP contribution in [0.1, 0.15) is 51.4 Å². The molecule has 1 unspecified atom stereocenters. The molecule has 0 aromatic heterocycles. The van der Waals surface area contributed by atoms with E-state index in [-0.39, 0.29) is 0 Å². The largest absolute Gasteiger partial charge is 0.313 e. The maximum atomic E-state index is 3.81. The van der Waals surface area contributed by atoms with Crippen LogP contribution in [0, 0.1) is 23.2 Å². The highest BCUT2D eigenvalue weighted by Gasteiger charge is 2.54. The van der Waals surface area contributed by atoms with Gasteiger partial charge >= 0.3 is 0 Å². The fourth-order valence-electron chi connectivity index (χ4n) is 5.81. The van der Waals surface area contributed by atoms with Gasteiger partial charge in [0.25, 0.3) is 0 Å². The summed E-state index contributed by atoms with van der Waals surface area (Å²) < 4.78 is 0. The van der Waals surface area contributed by atoms with E-state index in [4.69, 9.17) is 0 Å². The Morgan fingerprint density at radius 1 is 0.867 bits per heavy atom. The van der Waals surface area contributed by atoms with E-state index in [1.165, 1.54) is 19.4 Å². The van der Waals surface area contributed by atoms with Crippen LogP contribution < -0.4 is 5.32 Å². The summed E-state index contributed by atoms with van der Waals surface area (Å²) in [6.07, 6.45) is 12.4. The van der Waals surface area contributed by atoms with Crippen LogP contribution >= 0.6 is 0 Å². The van der Waals surface area contributed by atoms with Crippen LogP contribution in [0.2, 0.25) is 0 Å². The fourth-order valence-corrected chi connectivity index (χ4v) is 5.81. The zero-order valence-electron chi connectivity index (χ0n) is 9.67. The predicted molar refractivity (Wildman–Crippen MR) is 61.6 cm³/mol. The van der Waals surface area contributed by atoms with E-state index in [1.54, 1.807) is 38.5 Å². The summed E-state index contributed by atoms with van der Waals surface area (Å²) >= 11 is 0. The summed E-state index contributed by atoms with van der Waals surface area (Å²) in [5, 5.41) is 3.81. The average molecular weight is 205 g/mol. The Hall–Kier alpha value is -0.0400. The van der Waals surface area contributed by atoms with E-state index < -0.39 is 0 Å². The van der Waals surface area contributed by atoms with Crippen molar-refractivity contribution in [3.63, 3.8) is 0 Å². The van der Waals surface area contributed by atoms with Crippen LogP contribution in [0.15, 0.2) is 0 Å². The van der Waals surface area contributed by atoms with Crippen molar-refractivity contribution in [3.05, 3.63) is 0 Å². The Labute approximate surface area is 93.0 Å². The molecule has 4 aliphatic carbocycles. The first-order valence-electron chi connectivity index (χ1n) is 7.07. The second-order valence-corrected chi connectivity index (χ2v) is 6.93. The third-order valence-electron chi connectivity index (χ3n) is 5.89. The second-order valence-electron chi connectivity index (χ2n) is 6.93. The van der Waals surface area contributed by atoms with Crippen molar-refractivity contribution < 1.29 is 0 Å². The first-order valence-corrected chi connectivity index (χ1v) is 7.07. The SMILES string of the molecule is C1CNC(C23CC4CC(CC(C4)C2)C3)C1. The number of nitrogens with one attached hydrogen (secondary N) is 1. The van der Waals surface area contributed by atoms with Crippen LogP contribution in [0.5, 0.6) is 0 Å². The fraction of sp³-hybridized carbons (Fsp3) is 1.00. The van der Waals surface area contributed by atoms with E-state index in [0.717, 1.165) is 29.2 Å². The minimum atomic E-state index is 0.769. The van der Waals surface area contributed by atoms with Crippen molar-refractivity contribution in [1.82, 2.24) is 5.32 Å². The van der Waals surface area contributed by atoms with Gasteiger partial charge in [0.05, 0.1) is 0 Å². The second kappa shape index (κ2) is 3.00. The molecule has 1 saturated heterocycles. The zero-order chi connectivity index (χ0) is 9.88. The zero-order valence-corrected chi connectivity index (χ0v) is 9.67. The van der Waals surface area contributed by atoms with E-state index in [1.807, 2.05) is 0 Å². The third-order valence-corrected chi connectivity index (χ3v) is 5.89. The molecule has 0 spiro atoms. The van der Waals surface area contributed by atoms with Crippen molar-refractivity contribution in [3.8, 4) is 0 Å². The first kappa shape index (κ1) is 9.04. The molecule has 4 saturated carbocycles. The lowest BCUT2D eigenvalue weighted by molar-refractivity contribution is -0.0704. The van der Waals surface area contributed by atoms with Gasteiger partial charge in [-0.3, -0.25) is 0 Å². The molecule has 0 radical (unpaired) electrons. The summed E-state index contributed by atoms with van der Waals surface area (Å²) in [5.74, 6) is 3.37. The van der Waals surface area contributed by atoms with Gasteiger partial charge in [0.1, 0.15) is 0 Å². The molecule has 4 bridgehead atoms. The van der Waals surface area contributed by atoms with E-state index in [0.29, 0.717) is 0 Å². The van der Waals surface area contributed by atoms with Gasteiger partial charge in [0.2, 0.25) is 0 Å². The predicted octanol–water partition coefficient (Wildman–Crippen LogP) is 2.95. The molecule has 84 valence electrons. The topological polar surface area (TPSA) is 12.0 Å². The van der Waals surface area contributed by atoms with Gasteiger partial charge in [-0.2, -0.15) is 0 Å². The molecule has 1 nitrogen and oxygen atoms in total. The van der Waals surface area contributed by atoms with Crippen molar-refractivity contribution in [2.24, 2.45) is 23.2 Å². The van der Waals surface area contributed by atoms with Crippen molar-refractivity contribution in [1.29, 1.82) is 0 Å². The quantitative estimate of drug-likeness (QED) is 0.694. The van der Waals surface area contributed by atoms with Gasteiger partial charge in [0, 0.05) is 6.04 Å². The van der Waals surface area contributed by atoms with Crippen LogP contribution in [0.3, 0.4) is 0 Å². The molecule has 1 atom stereocenters. The monoisotopic (exact) mass is 205 g/mol. The molecule has 0 aromatic rings. The summed E-state index contributed by atoms with van der Waals surface area (Å²) in [6, 6.07) is 0.908. The number of rotatable bonds is 1. The summed E-state index contributed by atoms with van der Waals surface area (Å²) in [4.78, 5) is 0. The molecule has 1 heteroatoms. The highest BCUT2D eigenvalue weighted by atomic mass is 15.0. The Morgan fingerprint density at radius 2 is 1.47 bits per heavy atom. The van der Waals surface area contributed by atoms with Gasteiger partial charge in [-0.05, 0) is 81.1 Å². The molecular formula is C14H23N. The number of hydrogen-bond acceptors (Lipinski definition) is 1. The summed E-state index contributed by atoms with van der Waals surface area (Å²) in [5.41, 5.74) is 0.769. The maximum Gasteiger partial charge on any atom is 0.0124 e.